The largest absolute Gasteiger partial charge is 0.454 e. The van der Waals surface area contributed by atoms with Gasteiger partial charge in [0.05, 0.1) is 12.1 Å². The van der Waals surface area contributed by atoms with E-state index in [-0.39, 0.29) is 12.1 Å². The Bertz CT molecular complexity index is 276. The second kappa shape index (κ2) is 6.91. The Morgan fingerprint density at radius 1 is 1.24 bits per heavy atom. The molecular formula is C11H21ClN2O3. The van der Waals surface area contributed by atoms with Crippen molar-refractivity contribution in [2.75, 3.05) is 13.7 Å². The molecule has 5 nitrogen and oxygen atoms in total. The molecule has 1 atom stereocenters. The maximum atomic E-state index is 10.4. The lowest BCUT2D eigenvalue weighted by Gasteiger charge is -2.23. The zero-order valence-corrected chi connectivity index (χ0v) is 11.9. The first-order chi connectivity index (χ1) is 7.68. The maximum absolute atomic E-state index is 10.4. The molecule has 0 aromatic heterocycles. The van der Waals surface area contributed by atoms with Gasteiger partial charge in [0.25, 0.3) is 0 Å². The summed E-state index contributed by atoms with van der Waals surface area (Å²) in [7, 11) is 1.58. The van der Waals surface area contributed by atoms with Crippen molar-refractivity contribution < 1.29 is 14.3 Å². The van der Waals surface area contributed by atoms with E-state index in [1.807, 2.05) is 27.7 Å². The van der Waals surface area contributed by atoms with Crippen LogP contribution in [0.1, 0.15) is 40.5 Å². The third-order valence-corrected chi connectivity index (χ3v) is 2.11. The Morgan fingerprint density at radius 3 is 2.24 bits per heavy atom. The summed E-state index contributed by atoms with van der Waals surface area (Å²) < 4.78 is 9.93. The minimum Gasteiger partial charge on any atom is -0.454 e. The molecule has 0 N–H and O–H groups in total. The highest BCUT2D eigenvalue weighted by Crippen LogP contribution is 2.21. The van der Waals surface area contributed by atoms with Gasteiger partial charge in [-0.05, 0) is 34.1 Å². The van der Waals surface area contributed by atoms with Gasteiger partial charge in [-0.25, -0.2) is 4.79 Å². The minimum atomic E-state index is -0.791. The van der Waals surface area contributed by atoms with E-state index in [1.165, 1.54) is 0 Å². The molecule has 0 aliphatic rings. The summed E-state index contributed by atoms with van der Waals surface area (Å²) in [5.74, 6) is 0. The highest BCUT2D eigenvalue weighted by Gasteiger charge is 2.23. The van der Waals surface area contributed by atoms with Crippen LogP contribution in [0.4, 0.5) is 4.79 Å². The van der Waals surface area contributed by atoms with Gasteiger partial charge in [0, 0.05) is 25.1 Å². The van der Waals surface area contributed by atoms with Crippen LogP contribution >= 0.6 is 11.6 Å². The van der Waals surface area contributed by atoms with E-state index < -0.39 is 11.2 Å². The molecule has 0 radical (unpaired) electrons. The number of rotatable bonds is 6. The van der Waals surface area contributed by atoms with Crippen LogP contribution in [0.15, 0.2) is 10.2 Å². The Hall–Kier alpha value is -0.680. The van der Waals surface area contributed by atoms with Crippen molar-refractivity contribution in [2.24, 2.45) is 10.2 Å². The molecule has 0 fully saturated rings. The molecule has 0 saturated carbocycles. The van der Waals surface area contributed by atoms with Crippen molar-refractivity contribution in [1.82, 2.24) is 0 Å². The van der Waals surface area contributed by atoms with Crippen LogP contribution in [-0.2, 0) is 9.47 Å². The van der Waals surface area contributed by atoms with Crippen molar-refractivity contribution in [3.63, 3.8) is 0 Å². The summed E-state index contributed by atoms with van der Waals surface area (Å²) in [6, 6.07) is 0. The first-order valence-electron chi connectivity index (χ1n) is 5.50. The Morgan fingerprint density at radius 2 is 1.82 bits per heavy atom. The molecule has 0 bridgehead atoms. The summed E-state index contributed by atoms with van der Waals surface area (Å²) >= 11 is 5.05. The van der Waals surface area contributed by atoms with E-state index in [0.717, 1.165) is 0 Å². The molecule has 1 unspecified atom stereocenters. The zero-order valence-electron chi connectivity index (χ0n) is 11.1. The molecule has 0 rings (SSSR count). The molecule has 0 aliphatic heterocycles. The van der Waals surface area contributed by atoms with Gasteiger partial charge in [0.2, 0.25) is 0 Å². The summed E-state index contributed by atoms with van der Waals surface area (Å²) in [5, 5.41) is 8.37. The van der Waals surface area contributed by atoms with E-state index in [2.05, 4.69) is 15.0 Å². The van der Waals surface area contributed by atoms with Crippen LogP contribution in [0.25, 0.3) is 0 Å². The van der Waals surface area contributed by atoms with Crippen molar-refractivity contribution >= 4 is 17.0 Å². The highest BCUT2D eigenvalue weighted by molar-refractivity contribution is 6.61. The number of hydrogen-bond acceptors (Lipinski definition) is 5. The maximum Gasteiger partial charge on any atom is 0.403 e. The number of halogens is 1. The quantitative estimate of drug-likeness (QED) is 0.417. The Balaban J connectivity index is 4.19. The average Bonchev–Trinajstić information content (AvgIpc) is 2.20. The van der Waals surface area contributed by atoms with Gasteiger partial charge >= 0.3 is 5.43 Å². The molecule has 0 aromatic carbocycles. The third-order valence-electron chi connectivity index (χ3n) is 2.00. The topological polar surface area (TPSA) is 60.2 Å². The van der Waals surface area contributed by atoms with Gasteiger partial charge in [-0.1, -0.05) is 0 Å². The molecule has 0 saturated heterocycles. The lowest BCUT2D eigenvalue weighted by atomic mass is 10.1. The number of nitrogens with zero attached hydrogens (tertiary/aromatic N) is 2. The number of ether oxygens (including phenoxy) is 2. The van der Waals surface area contributed by atoms with Crippen LogP contribution in [0, 0.1) is 0 Å². The molecule has 0 aliphatic carbocycles. The van der Waals surface area contributed by atoms with E-state index in [0.29, 0.717) is 12.8 Å². The molecule has 0 amide bonds. The van der Waals surface area contributed by atoms with E-state index in [4.69, 9.17) is 16.3 Å². The zero-order chi connectivity index (χ0) is 13.5. The first-order valence-corrected chi connectivity index (χ1v) is 5.88. The van der Waals surface area contributed by atoms with E-state index >= 15 is 0 Å². The van der Waals surface area contributed by atoms with Gasteiger partial charge < -0.3 is 9.47 Å². The minimum absolute atomic E-state index is 0.234. The molecule has 0 aromatic rings. The van der Waals surface area contributed by atoms with E-state index in [9.17, 15) is 4.79 Å². The van der Waals surface area contributed by atoms with Crippen molar-refractivity contribution in [3.8, 4) is 0 Å². The summed E-state index contributed by atoms with van der Waals surface area (Å²) in [6.45, 7) is 7.97. The van der Waals surface area contributed by atoms with Crippen molar-refractivity contribution in [2.45, 2.75) is 51.8 Å². The number of carbonyl (C=O) groups is 1. The SMILES string of the molecule is COC(C)(CCCOC(=O)Cl)N=NC(C)(C)C. The van der Waals surface area contributed by atoms with Crippen LogP contribution in [0.5, 0.6) is 0 Å². The van der Waals surface area contributed by atoms with Crippen molar-refractivity contribution in [3.05, 3.63) is 0 Å². The number of carbonyl (C=O) groups excluding carboxylic acids is 1. The second-order valence-electron chi connectivity index (χ2n) is 4.94. The molecule has 17 heavy (non-hydrogen) atoms. The number of methoxy groups -OCH3 is 1. The Kier molecular flexibility index (Phi) is 6.64. The fourth-order valence-electron chi connectivity index (χ4n) is 1.00. The van der Waals surface area contributed by atoms with Gasteiger partial charge in [0.1, 0.15) is 0 Å². The Labute approximate surface area is 108 Å². The highest BCUT2D eigenvalue weighted by atomic mass is 35.5. The molecule has 0 heterocycles. The normalized spacial score (nSPS) is 15.9. The van der Waals surface area contributed by atoms with Crippen LogP contribution in [-0.4, -0.2) is 30.4 Å². The second-order valence-corrected chi connectivity index (χ2v) is 5.25. The van der Waals surface area contributed by atoms with Crippen molar-refractivity contribution in [1.29, 1.82) is 0 Å². The van der Waals surface area contributed by atoms with Gasteiger partial charge in [-0.2, -0.15) is 10.2 Å². The molecule has 6 heteroatoms. The molecule has 100 valence electrons. The third kappa shape index (κ3) is 9.06. The van der Waals surface area contributed by atoms with E-state index in [1.54, 1.807) is 7.11 Å². The van der Waals surface area contributed by atoms with Gasteiger partial charge in [-0.3, -0.25) is 0 Å². The standard InChI is InChI=1S/C11H21ClN2O3/c1-10(2,3)13-14-11(4,16-5)7-6-8-17-9(12)15/h6-8H2,1-5H3. The summed E-state index contributed by atoms with van der Waals surface area (Å²) in [4.78, 5) is 10.4. The fourth-order valence-corrected chi connectivity index (χ4v) is 1.08. The number of azo groups is 1. The van der Waals surface area contributed by atoms with Gasteiger partial charge in [0.15, 0.2) is 5.72 Å². The monoisotopic (exact) mass is 264 g/mol. The van der Waals surface area contributed by atoms with Crippen LogP contribution in [0.3, 0.4) is 0 Å². The predicted molar refractivity (Wildman–Crippen MR) is 66.5 cm³/mol. The lowest BCUT2D eigenvalue weighted by Crippen LogP contribution is -2.26. The molecular weight excluding hydrogens is 244 g/mol. The van der Waals surface area contributed by atoms with Crippen LogP contribution < -0.4 is 0 Å². The fraction of sp³-hybridized carbons (Fsp3) is 0.909. The number of hydrogen-bond donors (Lipinski definition) is 0. The predicted octanol–water partition coefficient (Wildman–Crippen LogP) is 3.76. The average molecular weight is 265 g/mol. The van der Waals surface area contributed by atoms with Crippen LogP contribution in [0.2, 0.25) is 0 Å². The van der Waals surface area contributed by atoms with Gasteiger partial charge in [-0.15, -0.1) is 0 Å². The lowest BCUT2D eigenvalue weighted by molar-refractivity contribution is -0.00653. The smallest absolute Gasteiger partial charge is 0.403 e. The summed E-state index contributed by atoms with van der Waals surface area (Å²) in [5.41, 5.74) is -1.71. The first kappa shape index (κ1) is 16.3. The molecule has 0 spiro atoms. The summed E-state index contributed by atoms with van der Waals surface area (Å²) in [6.07, 6.45) is 1.22.